The third kappa shape index (κ3) is 3.26. The molecule has 0 fully saturated rings. The topological polar surface area (TPSA) is 9.23 Å². The van der Waals surface area contributed by atoms with Crippen molar-refractivity contribution < 1.29 is 4.74 Å². The highest BCUT2D eigenvalue weighted by Crippen LogP contribution is 2.39. The summed E-state index contributed by atoms with van der Waals surface area (Å²) in [5.74, 6) is 0.771. The highest BCUT2D eigenvalue weighted by atomic mass is 127. The average Bonchev–Trinajstić information content (AvgIpc) is 2.41. The third-order valence-electron chi connectivity index (χ3n) is 2.98. The lowest BCUT2D eigenvalue weighted by Crippen LogP contribution is -1.98. The Labute approximate surface area is 140 Å². The van der Waals surface area contributed by atoms with Gasteiger partial charge in [0, 0.05) is 8.59 Å². The highest BCUT2D eigenvalue weighted by Gasteiger charge is 2.17. The van der Waals surface area contributed by atoms with E-state index in [1.807, 2.05) is 18.2 Å². The van der Waals surface area contributed by atoms with E-state index >= 15 is 0 Å². The Morgan fingerprint density at radius 3 is 2.58 bits per heavy atom. The molecule has 0 aliphatic heterocycles. The van der Waals surface area contributed by atoms with Crippen LogP contribution in [0.3, 0.4) is 0 Å². The van der Waals surface area contributed by atoms with Crippen molar-refractivity contribution in [3.05, 3.63) is 61.7 Å². The quantitative estimate of drug-likeness (QED) is 0.427. The van der Waals surface area contributed by atoms with Crippen LogP contribution in [0.15, 0.2) is 36.4 Å². The van der Waals surface area contributed by atoms with E-state index in [-0.39, 0.29) is 4.83 Å². The molecule has 0 radical (unpaired) electrons. The van der Waals surface area contributed by atoms with E-state index in [0.29, 0.717) is 5.02 Å². The zero-order chi connectivity index (χ0) is 14.0. The number of hydrogen-bond donors (Lipinski definition) is 0. The van der Waals surface area contributed by atoms with Crippen molar-refractivity contribution in [2.24, 2.45) is 0 Å². The number of ether oxygens (including phenoxy) is 1. The molecular formula is C15H13BrClIO. The summed E-state index contributed by atoms with van der Waals surface area (Å²) in [6.07, 6.45) is 0. The molecule has 2 aromatic carbocycles. The van der Waals surface area contributed by atoms with Crippen LogP contribution in [0.25, 0.3) is 0 Å². The van der Waals surface area contributed by atoms with E-state index in [1.165, 1.54) is 14.7 Å². The maximum Gasteiger partial charge on any atom is 0.120 e. The molecule has 0 aliphatic carbocycles. The summed E-state index contributed by atoms with van der Waals surface area (Å²) in [4.78, 5) is 0.0812. The summed E-state index contributed by atoms with van der Waals surface area (Å²) in [7, 11) is 1.64. The molecule has 2 aromatic rings. The molecule has 0 bridgehead atoms. The lowest BCUT2D eigenvalue weighted by molar-refractivity contribution is 0.414. The molecule has 2 rings (SSSR count). The molecule has 1 nitrogen and oxygen atoms in total. The Hall–Kier alpha value is -0.260. The molecule has 1 atom stereocenters. The van der Waals surface area contributed by atoms with E-state index in [2.05, 4.69) is 63.6 Å². The van der Waals surface area contributed by atoms with Crippen LogP contribution in [-0.2, 0) is 0 Å². The molecular weight excluding hydrogens is 438 g/mol. The van der Waals surface area contributed by atoms with Gasteiger partial charge >= 0.3 is 0 Å². The van der Waals surface area contributed by atoms with Gasteiger partial charge in [-0.2, -0.15) is 0 Å². The number of rotatable bonds is 3. The standard InChI is InChI=1S/C15H13BrClIO/c1-9-4-3-5-12(15(9)18)14(16)11-7-6-10(19-2)8-13(11)17/h3-8,14H,1-2H3. The van der Waals surface area contributed by atoms with E-state index in [0.717, 1.165) is 11.3 Å². The molecule has 19 heavy (non-hydrogen) atoms. The van der Waals surface area contributed by atoms with Crippen molar-refractivity contribution in [3.8, 4) is 5.75 Å². The van der Waals surface area contributed by atoms with Gasteiger partial charge in [0.05, 0.1) is 11.9 Å². The first kappa shape index (κ1) is 15.1. The van der Waals surface area contributed by atoms with Gasteiger partial charge < -0.3 is 4.74 Å². The number of aryl methyl sites for hydroxylation is 1. The fourth-order valence-corrected chi connectivity index (χ4v) is 4.16. The molecule has 0 heterocycles. The minimum atomic E-state index is 0.0812. The lowest BCUT2D eigenvalue weighted by atomic mass is 10.0. The van der Waals surface area contributed by atoms with Gasteiger partial charge in [0.15, 0.2) is 0 Å². The predicted molar refractivity (Wildman–Crippen MR) is 92.7 cm³/mol. The summed E-state index contributed by atoms with van der Waals surface area (Å²) in [6.45, 7) is 2.11. The number of methoxy groups -OCH3 is 1. The molecule has 4 heteroatoms. The largest absolute Gasteiger partial charge is 0.497 e. The molecule has 0 aliphatic rings. The lowest BCUT2D eigenvalue weighted by Gasteiger charge is -2.16. The number of alkyl halides is 1. The summed E-state index contributed by atoms with van der Waals surface area (Å²) in [5, 5.41) is 0.707. The van der Waals surface area contributed by atoms with Gasteiger partial charge in [0.2, 0.25) is 0 Å². The zero-order valence-corrected chi connectivity index (χ0v) is 15.1. The summed E-state index contributed by atoms with van der Waals surface area (Å²) in [5.41, 5.74) is 3.55. The highest BCUT2D eigenvalue weighted by molar-refractivity contribution is 14.1. The third-order valence-corrected chi connectivity index (χ3v) is 5.76. The Balaban J connectivity index is 2.44. The molecule has 0 spiro atoms. The van der Waals surface area contributed by atoms with Gasteiger partial charge in [0.25, 0.3) is 0 Å². The van der Waals surface area contributed by atoms with Crippen molar-refractivity contribution in [1.82, 2.24) is 0 Å². The maximum absolute atomic E-state index is 6.33. The first-order valence-electron chi connectivity index (χ1n) is 5.77. The number of halogens is 3. The monoisotopic (exact) mass is 450 g/mol. The van der Waals surface area contributed by atoms with Crippen LogP contribution in [0.2, 0.25) is 5.02 Å². The fraction of sp³-hybridized carbons (Fsp3) is 0.200. The van der Waals surface area contributed by atoms with Gasteiger partial charge in [-0.25, -0.2) is 0 Å². The summed E-state index contributed by atoms with van der Waals surface area (Å²) in [6, 6.07) is 12.1. The SMILES string of the molecule is COc1ccc(C(Br)c2cccc(C)c2I)c(Cl)c1. The molecule has 1 unspecified atom stereocenters. The Bertz CT molecular complexity index is 601. The van der Waals surface area contributed by atoms with Crippen molar-refractivity contribution in [2.45, 2.75) is 11.8 Å². The van der Waals surface area contributed by atoms with Crippen LogP contribution in [-0.4, -0.2) is 7.11 Å². The second-order valence-electron chi connectivity index (χ2n) is 4.23. The minimum absolute atomic E-state index is 0.0812. The van der Waals surface area contributed by atoms with E-state index in [9.17, 15) is 0 Å². The van der Waals surface area contributed by atoms with Crippen LogP contribution in [0.4, 0.5) is 0 Å². The second kappa shape index (κ2) is 6.46. The van der Waals surface area contributed by atoms with Crippen LogP contribution in [0.1, 0.15) is 21.5 Å². The van der Waals surface area contributed by atoms with E-state index in [4.69, 9.17) is 16.3 Å². The van der Waals surface area contributed by atoms with Crippen molar-refractivity contribution in [2.75, 3.05) is 7.11 Å². The molecule has 0 N–H and O–H groups in total. The normalized spacial score (nSPS) is 12.3. The number of hydrogen-bond acceptors (Lipinski definition) is 1. The first-order chi connectivity index (χ1) is 9.04. The summed E-state index contributed by atoms with van der Waals surface area (Å²) < 4.78 is 6.44. The second-order valence-corrected chi connectivity index (χ2v) is 6.63. The van der Waals surface area contributed by atoms with E-state index < -0.39 is 0 Å². The molecule has 0 saturated carbocycles. The van der Waals surface area contributed by atoms with Crippen molar-refractivity contribution in [3.63, 3.8) is 0 Å². The summed E-state index contributed by atoms with van der Waals surface area (Å²) >= 11 is 12.5. The smallest absolute Gasteiger partial charge is 0.120 e. The van der Waals surface area contributed by atoms with Crippen molar-refractivity contribution >= 4 is 50.1 Å². The maximum atomic E-state index is 6.33. The molecule has 0 amide bonds. The molecule has 100 valence electrons. The molecule has 0 aromatic heterocycles. The number of benzene rings is 2. The Morgan fingerprint density at radius 2 is 1.95 bits per heavy atom. The van der Waals surface area contributed by atoms with Gasteiger partial charge in [-0.1, -0.05) is 51.8 Å². The van der Waals surface area contributed by atoms with Gasteiger partial charge in [-0.3, -0.25) is 0 Å². The fourth-order valence-electron chi connectivity index (χ4n) is 1.87. The van der Waals surface area contributed by atoms with Crippen LogP contribution < -0.4 is 4.74 Å². The van der Waals surface area contributed by atoms with E-state index in [1.54, 1.807) is 7.11 Å². The van der Waals surface area contributed by atoms with Crippen molar-refractivity contribution in [1.29, 1.82) is 0 Å². The Morgan fingerprint density at radius 1 is 1.21 bits per heavy atom. The average molecular weight is 452 g/mol. The van der Waals surface area contributed by atoms with Crippen LogP contribution >= 0.6 is 50.1 Å². The van der Waals surface area contributed by atoms with Gasteiger partial charge in [0.1, 0.15) is 5.75 Å². The predicted octanol–water partition coefficient (Wildman–Crippen LogP) is 5.75. The first-order valence-corrected chi connectivity index (χ1v) is 8.14. The Kier molecular flexibility index (Phi) is 5.15. The molecule has 0 saturated heterocycles. The zero-order valence-electron chi connectivity index (χ0n) is 10.6. The van der Waals surface area contributed by atoms with Crippen LogP contribution in [0.5, 0.6) is 5.75 Å². The van der Waals surface area contributed by atoms with Crippen LogP contribution in [0, 0.1) is 10.5 Å². The van der Waals surface area contributed by atoms with Gasteiger partial charge in [-0.05, 0) is 58.3 Å². The van der Waals surface area contributed by atoms with Gasteiger partial charge in [-0.15, -0.1) is 0 Å². The minimum Gasteiger partial charge on any atom is -0.497 e.